The van der Waals surface area contributed by atoms with E-state index in [0.717, 1.165) is 6.42 Å². The molecule has 3 nitrogen and oxygen atoms in total. The fourth-order valence-electron chi connectivity index (χ4n) is 1.84. The van der Waals surface area contributed by atoms with E-state index in [1.165, 1.54) is 0 Å². The molecule has 21 heavy (non-hydrogen) atoms. The van der Waals surface area contributed by atoms with Gasteiger partial charge in [0.25, 0.3) is 0 Å². The monoisotopic (exact) mass is 304 g/mol. The molecule has 0 spiro atoms. The van der Waals surface area contributed by atoms with E-state index in [9.17, 15) is 18.0 Å². The molecule has 0 bridgehead atoms. The Morgan fingerprint density at radius 2 is 1.76 bits per heavy atom. The summed E-state index contributed by atoms with van der Waals surface area (Å²) in [5.41, 5.74) is 0. The second-order valence-electron chi connectivity index (χ2n) is 4.63. The number of hydrogen-bond acceptors (Lipinski definition) is 3. The number of ether oxygens (including phenoxy) is 2. The first-order valence-corrected chi connectivity index (χ1v) is 6.95. The largest absolute Gasteiger partial charge is 0.424 e. The summed E-state index contributed by atoms with van der Waals surface area (Å²) in [6, 6.07) is 1.25. The lowest BCUT2D eigenvalue weighted by Gasteiger charge is -2.25. The molecular weight excluding hydrogens is 285 g/mol. The topological polar surface area (TPSA) is 35.5 Å². The number of esters is 1. The molecule has 2 rings (SSSR count). The maximum Gasteiger partial charge on any atom is 0.340 e. The molecule has 1 heterocycles. The minimum atomic E-state index is -1.59. The maximum atomic E-state index is 12.9. The van der Waals surface area contributed by atoms with Gasteiger partial charge >= 0.3 is 5.97 Å². The van der Waals surface area contributed by atoms with Crippen molar-refractivity contribution >= 4 is 5.97 Å². The minimum absolute atomic E-state index is 0.366. The Hall–Kier alpha value is -1.56. The van der Waals surface area contributed by atoms with Gasteiger partial charge in [0.2, 0.25) is 0 Å². The average Bonchev–Trinajstić information content (AvgIpc) is 2.47. The third kappa shape index (κ3) is 4.74. The first kappa shape index (κ1) is 17.5. The highest BCUT2D eigenvalue weighted by Crippen LogP contribution is 2.23. The molecule has 1 saturated heterocycles. The molecule has 1 fully saturated rings. The van der Waals surface area contributed by atoms with Gasteiger partial charge in [0.05, 0.1) is 6.61 Å². The zero-order valence-corrected chi connectivity index (χ0v) is 12.3. The highest BCUT2D eigenvalue weighted by Gasteiger charge is 2.27. The standard InChI is InChI=1S/C13H13F3O3.C2H6/c1-7-2-3-11(18-6-7)13(17)19-8-4-9(14)12(16)10(15)5-8;1-2/h4-5,7,11H,2-3,6H2,1H3;1-2H3. The second kappa shape index (κ2) is 8.02. The molecule has 0 saturated carbocycles. The van der Waals surface area contributed by atoms with Crippen molar-refractivity contribution in [1.29, 1.82) is 0 Å². The Bertz CT molecular complexity index is 460. The Labute approximate surface area is 122 Å². The Morgan fingerprint density at radius 3 is 2.24 bits per heavy atom. The summed E-state index contributed by atoms with van der Waals surface area (Å²) in [5, 5.41) is 0. The van der Waals surface area contributed by atoms with Crippen molar-refractivity contribution in [2.75, 3.05) is 6.61 Å². The third-order valence-electron chi connectivity index (χ3n) is 2.94. The summed E-state index contributed by atoms with van der Waals surface area (Å²) >= 11 is 0. The highest BCUT2D eigenvalue weighted by atomic mass is 19.2. The van der Waals surface area contributed by atoms with E-state index in [1.54, 1.807) is 0 Å². The van der Waals surface area contributed by atoms with Crippen LogP contribution < -0.4 is 4.74 Å². The van der Waals surface area contributed by atoms with Crippen LogP contribution in [0.1, 0.15) is 33.6 Å². The zero-order valence-electron chi connectivity index (χ0n) is 12.3. The molecule has 0 amide bonds. The van der Waals surface area contributed by atoms with Crippen LogP contribution in [-0.2, 0) is 9.53 Å². The van der Waals surface area contributed by atoms with Gasteiger partial charge in [-0.3, -0.25) is 0 Å². The Morgan fingerprint density at radius 1 is 1.19 bits per heavy atom. The Balaban J connectivity index is 0.00000106. The van der Waals surface area contributed by atoms with Crippen LogP contribution in [0.25, 0.3) is 0 Å². The molecule has 2 unspecified atom stereocenters. The summed E-state index contributed by atoms with van der Waals surface area (Å²) in [7, 11) is 0. The molecule has 1 aliphatic rings. The van der Waals surface area contributed by atoms with Gasteiger partial charge in [-0.05, 0) is 18.8 Å². The van der Waals surface area contributed by atoms with Crippen molar-refractivity contribution in [1.82, 2.24) is 0 Å². The third-order valence-corrected chi connectivity index (χ3v) is 2.94. The summed E-state index contributed by atoms with van der Waals surface area (Å²) in [5.74, 6) is -5.13. The number of hydrogen-bond donors (Lipinski definition) is 0. The van der Waals surface area contributed by atoms with Gasteiger partial charge in [-0.1, -0.05) is 20.8 Å². The molecular formula is C15H19F3O3. The summed E-state index contributed by atoms with van der Waals surface area (Å²) in [6.45, 7) is 6.43. The zero-order chi connectivity index (χ0) is 16.0. The summed E-state index contributed by atoms with van der Waals surface area (Å²) < 4.78 is 48.7. The molecule has 1 aliphatic heterocycles. The molecule has 0 aromatic heterocycles. The first-order valence-electron chi connectivity index (χ1n) is 6.95. The van der Waals surface area contributed by atoms with Crippen molar-refractivity contribution in [2.45, 2.75) is 39.7 Å². The number of carbonyl (C=O) groups excluding carboxylic acids is 1. The van der Waals surface area contributed by atoms with Crippen molar-refractivity contribution in [3.63, 3.8) is 0 Å². The van der Waals surface area contributed by atoms with Crippen LogP contribution >= 0.6 is 0 Å². The van der Waals surface area contributed by atoms with Gasteiger partial charge in [0.1, 0.15) is 5.75 Å². The van der Waals surface area contributed by atoms with Gasteiger partial charge in [0.15, 0.2) is 23.6 Å². The van der Waals surface area contributed by atoms with Crippen LogP contribution in [0.4, 0.5) is 13.2 Å². The SMILES string of the molecule is CC.CC1CCC(C(=O)Oc2cc(F)c(F)c(F)c2)OC1. The number of carbonyl (C=O) groups is 1. The van der Waals surface area contributed by atoms with Crippen molar-refractivity contribution in [2.24, 2.45) is 5.92 Å². The van der Waals surface area contributed by atoms with Gasteiger partial charge in [-0.15, -0.1) is 0 Å². The number of benzene rings is 1. The number of rotatable bonds is 2. The molecule has 0 radical (unpaired) electrons. The lowest BCUT2D eigenvalue weighted by atomic mass is 10.0. The molecule has 6 heteroatoms. The van der Waals surface area contributed by atoms with E-state index in [0.29, 0.717) is 31.1 Å². The quantitative estimate of drug-likeness (QED) is 0.473. The van der Waals surface area contributed by atoms with E-state index >= 15 is 0 Å². The fourth-order valence-corrected chi connectivity index (χ4v) is 1.84. The van der Waals surface area contributed by atoms with Gasteiger partial charge in [-0.25, -0.2) is 18.0 Å². The molecule has 1 aromatic rings. The molecule has 0 aliphatic carbocycles. The molecule has 2 atom stereocenters. The molecule has 1 aromatic carbocycles. The van der Waals surface area contributed by atoms with Crippen LogP contribution in [0.15, 0.2) is 12.1 Å². The van der Waals surface area contributed by atoms with Crippen LogP contribution in [0.2, 0.25) is 0 Å². The van der Waals surface area contributed by atoms with Crippen molar-refractivity contribution in [3.8, 4) is 5.75 Å². The smallest absolute Gasteiger partial charge is 0.340 e. The summed E-state index contributed by atoms with van der Waals surface area (Å²) in [4.78, 5) is 11.7. The first-order chi connectivity index (χ1) is 9.97. The van der Waals surface area contributed by atoms with E-state index in [-0.39, 0.29) is 5.75 Å². The van der Waals surface area contributed by atoms with Gasteiger partial charge < -0.3 is 9.47 Å². The van der Waals surface area contributed by atoms with Gasteiger partial charge in [0, 0.05) is 12.1 Å². The average molecular weight is 304 g/mol. The second-order valence-corrected chi connectivity index (χ2v) is 4.63. The van der Waals surface area contributed by atoms with Crippen LogP contribution in [0.3, 0.4) is 0 Å². The lowest BCUT2D eigenvalue weighted by Crippen LogP contribution is -2.34. The normalized spacial score (nSPS) is 21.2. The van der Waals surface area contributed by atoms with Crippen LogP contribution in [0, 0.1) is 23.4 Å². The van der Waals surface area contributed by atoms with E-state index < -0.39 is 29.5 Å². The van der Waals surface area contributed by atoms with Crippen LogP contribution in [0.5, 0.6) is 5.75 Å². The van der Waals surface area contributed by atoms with E-state index in [1.807, 2.05) is 20.8 Å². The number of halogens is 3. The predicted octanol–water partition coefficient (Wildman–Crippen LogP) is 3.85. The lowest BCUT2D eigenvalue weighted by molar-refractivity contribution is -0.151. The Kier molecular flexibility index (Phi) is 6.68. The van der Waals surface area contributed by atoms with Crippen molar-refractivity contribution in [3.05, 3.63) is 29.6 Å². The maximum absolute atomic E-state index is 12.9. The predicted molar refractivity (Wildman–Crippen MR) is 71.4 cm³/mol. The van der Waals surface area contributed by atoms with Crippen molar-refractivity contribution < 1.29 is 27.4 Å². The van der Waals surface area contributed by atoms with Gasteiger partial charge in [-0.2, -0.15) is 0 Å². The fraction of sp³-hybridized carbons (Fsp3) is 0.533. The van der Waals surface area contributed by atoms with E-state index in [2.05, 4.69) is 0 Å². The van der Waals surface area contributed by atoms with Crippen LogP contribution in [-0.4, -0.2) is 18.7 Å². The molecule has 118 valence electrons. The van der Waals surface area contributed by atoms with E-state index in [4.69, 9.17) is 9.47 Å². The molecule has 0 N–H and O–H groups in total. The summed E-state index contributed by atoms with van der Waals surface area (Å²) in [6.07, 6.45) is 0.560. The highest BCUT2D eigenvalue weighted by molar-refractivity contribution is 5.77. The minimum Gasteiger partial charge on any atom is -0.424 e.